The van der Waals surface area contributed by atoms with Crippen molar-refractivity contribution in [2.24, 2.45) is 0 Å². The smallest absolute Gasteiger partial charge is 0.171 e. The van der Waals surface area contributed by atoms with Gasteiger partial charge in [-0.2, -0.15) is 0 Å². The predicted octanol–water partition coefficient (Wildman–Crippen LogP) is 12.6. The Morgan fingerprint density at radius 2 is 0.810 bits per heavy atom. The summed E-state index contributed by atoms with van der Waals surface area (Å²) in [6, 6.07) is 54.9. The van der Waals surface area contributed by atoms with Crippen LogP contribution < -0.4 is 15.9 Å². The first-order valence-corrected chi connectivity index (χ1v) is 20.9. The van der Waals surface area contributed by atoms with Crippen LogP contribution in [-0.4, -0.2) is 9.97 Å². The van der Waals surface area contributed by atoms with Crippen molar-refractivity contribution >= 4 is 66.4 Å². The number of para-hydroxylation sites is 1. The molecule has 0 unspecified atom stereocenters. The van der Waals surface area contributed by atoms with Gasteiger partial charge >= 0.3 is 0 Å². The Morgan fingerprint density at radius 1 is 0.397 bits per heavy atom. The van der Waals surface area contributed by atoms with E-state index in [1.54, 1.807) is 24.3 Å². The summed E-state index contributed by atoms with van der Waals surface area (Å²) in [4.78, 5) is 10.6. The molecule has 0 amide bonds. The standard InChI is InChI=1S/C52H35F2N2OP/c1-32-47-43-15-9-10-16-45(43)55-51(35-17-24-38(53)25-18-35)49(47)33(2)48-44-30-23-37(31-46(44)56-52(50(32)48)36-19-26-39(54)27-20-36)34-21-28-42(29-22-34)58(57,40-11-5-3-6-12-40)41-13-7-4-8-14-41/h3-31H,1-2H3. The lowest BCUT2D eigenvalue weighted by Gasteiger charge is -2.21. The molecule has 0 atom stereocenters. The quantitative estimate of drug-likeness (QED) is 0.0960. The minimum absolute atomic E-state index is 0.306. The van der Waals surface area contributed by atoms with E-state index < -0.39 is 7.14 Å². The topological polar surface area (TPSA) is 42.9 Å². The Labute approximate surface area is 334 Å². The van der Waals surface area contributed by atoms with E-state index in [2.05, 4.69) is 38.1 Å². The summed E-state index contributed by atoms with van der Waals surface area (Å²) >= 11 is 0. The maximum Gasteiger partial charge on any atom is 0.171 e. The number of aromatic nitrogens is 2. The van der Waals surface area contributed by atoms with E-state index in [1.165, 1.54) is 24.3 Å². The van der Waals surface area contributed by atoms with Gasteiger partial charge in [0.2, 0.25) is 0 Å². The average molecular weight is 773 g/mol. The zero-order chi connectivity index (χ0) is 39.5. The van der Waals surface area contributed by atoms with Crippen molar-refractivity contribution in [1.82, 2.24) is 9.97 Å². The minimum atomic E-state index is -3.14. The van der Waals surface area contributed by atoms with Gasteiger partial charge in [0.25, 0.3) is 0 Å². The molecule has 10 aromatic rings. The van der Waals surface area contributed by atoms with E-state index in [-0.39, 0.29) is 11.6 Å². The molecule has 278 valence electrons. The van der Waals surface area contributed by atoms with Crippen LogP contribution >= 0.6 is 7.14 Å². The van der Waals surface area contributed by atoms with Crippen molar-refractivity contribution in [1.29, 1.82) is 0 Å². The van der Waals surface area contributed by atoms with Gasteiger partial charge in [0.05, 0.1) is 22.4 Å². The minimum Gasteiger partial charge on any atom is -0.309 e. The van der Waals surface area contributed by atoms with Gasteiger partial charge in [0.15, 0.2) is 7.14 Å². The number of benzene rings is 8. The molecular formula is C52H35F2N2OP. The highest BCUT2D eigenvalue weighted by atomic mass is 31.2. The van der Waals surface area contributed by atoms with Crippen molar-refractivity contribution in [3.8, 4) is 33.6 Å². The molecule has 0 aliphatic carbocycles. The maximum absolute atomic E-state index is 15.1. The van der Waals surface area contributed by atoms with Gasteiger partial charge in [-0.1, -0.05) is 115 Å². The monoisotopic (exact) mass is 772 g/mol. The fourth-order valence-electron chi connectivity index (χ4n) is 8.64. The molecule has 0 aliphatic heterocycles. The Morgan fingerprint density at radius 3 is 1.34 bits per heavy atom. The largest absolute Gasteiger partial charge is 0.309 e. The summed E-state index contributed by atoms with van der Waals surface area (Å²) in [5.74, 6) is -0.622. The molecule has 58 heavy (non-hydrogen) atoms. The number of rotatable bonds is 6. The third kappa shape index (κ3) is 5.73. The molecule has 0 bridgehead atoms. The zero-order valence-corrected chi connectivity index (χ0v) is 32.6. The Bertz CT molecular complexity index is 3220. The van der Waals surface area contributed by atoms with Crippen LogP contribution in [0.3, 0.4) is 0 Å². The van der Waals surface area contributed by atoms with Gasteiger partial charge in [0.1, 0.15) is 11.6 Å². The molecule has 2 heterocycles. The number of hydrogen-bond acceptors (Lipinski definition) is 3. The summed E-state index contributed by atoms with van der Waals surface area (Å²) in [6.07, 6.45) is 0. The van der Waals surface area contributed by atoms with Crippen LogP contribution in [0.15, 0.2) is 176 Å². The number of nitrogens with zero attached hydrogens (tertiary/aromatic N) is 2. The first-order chi connectivity index (χ1) is 28.3. The second-order valence-corrected chi connectivity index (χ2v) is 17.5. The molecule has 10 rings (SSSR count). The van der Waals surface area contributed by atoms with Crippen LogP contribution in [0, 0.1) is 25.5 Å². The van der Waals surface area contributed by atoms with Crippen LogP contribution in [0.4, 0.5) is 8.78 Å². The number of pyridine rings is 2. The molecule has 0 N–H and O–H groups in total. The molecule has 0 radical (unpaired) electrons. The molecule has 0 fully saturated rings. The van der Waals surface area contributed by atoms with Gasteiger partial charge < -0.3 is 4.57 Å². The van der Waals surface area contributed by atoms with Gasteiger partial charge in [0, 0.05) is 48.6 Å². The zero-order valence-electron chi connectivity index (χ0n) is 31.7. The van der Waals surface area contributed by atoms with Crippen LogP contribution in [0.25, 0.3) is 77.0 Å². The second kappa shape index (κ2) is 14.0. The first-order valence-electron chi connectivity index (χ1n) is 19.2. The molecule has 0 saturated carbocycles. The summed E-state index contributed by atoms with van der Waals surface area (Å²) in [5.41, 5.74) is 8.78. The van der Waals surface area contributed by atoms with Crippen LogP contribution in [-0.2, 0) is 4.57 Å². The Hall–Kier alpha value is -6.81. The lowest BCUT2D eigenvalue weighted by molar-refractivity contribution is 0.592. The highest BCUT2D eigenvalue weighted by Crippen LogP contribution is 2.46. The summed E-state index contributed by atoms with van der Waals surface area (Å²) in [5, 5.41) is 8.38. The third-order valence-corrected chi connectivity index (χ3v) is 14.5. The fraction of sp³-hybridized carbons (Fsp3) is 0.0385. The summed E-state index contributed by atoms with van der Waals surface area (Å²) in [6.45, 7) is 4.26. The van der Waals surface area contributed by atoms with Crippen LogP contribution in [0.2, 0.25) is 0 Å². The fourth-order valence-corrected chi connectivity index (χ4v) is 11.3. The van der Waals surface area contributed by atoms with Crippen LogP contribution in [0.5, 0.6) is 0 Å². The van der Waals surface area contributed by atoms with Gasteiger partial charge in [-0.25, -0.2) is 18.7 Å². The summed E-state index contributed by atoms with van der Waals surface area (Å²) in [7, 11) is -3.14. The Kier molecular flexibility index (Phi) is 8.58. The number of halogens is 2. The highest BCUT2D eigenvalue weighted by Gasteiger charge is 2.29. The lowest BCUT2D eigenvalue weighted by atomic mass is 9.85. The number of aryl methyl sites for hydroxylation is 2. The summed E-state index contributed by atoms with van der Waals surface area (Å²) < 4.78 is 43.7. The van der Waals surface area contributed by atoms with Crippen molar-refractivity contribution in [2.75, 3.05) is 0 Å². The molecule has 0 aliphatic rings. The Balaban J connectivity index is 1.22. The van der Waals surface area contributed by atoms with E-state index in [0.29, 0.717) is 0 Å². The van der Waals surface area contributed by atoms with Gasteiger partial charge in [-0.3, -0.25) is 0 Å². The molecule has 3 nitrogen and oxygen atoms in total. The molecule has 6 heteroatoms. The van der Waals surface area contributed by atoms with E-state index in [4.69, 9.17) is 9.97 Å². The van der Waals surface area contributed by atoms with Gasteiger partial charge in [-0.15, -0.1) is 0 Å². The number of hydrogen-bond donors (Lipinski definition) is 0. The van der Waals surface area contributed by atoms with Crippen molar-refractivity contribution < 1.29 is 13.3 Å². The van der Waals surface area contributed by atoms with E-state index >= 15 is 4.57 Å². The van der Waals surface area contributed by atoms with Gasteiger partial charge in [-0.05, 0) is 108 Å². The second-order valence-electron chi connectivity index (χ2n) is 14.8. The molecular weight excluding hydrogens is 738 g/mol. The maximum atomic E-state index is 15.1. The molecule has 0 saturated heterocycles. The van der Waals surface area contributed by atoms with E-state index in [0.717, 1.165) is 104 Å². The molecule has 2 aromatic heterocycles. The number of fused-ring (bicyclic) bond motifs is 6. The van der Waals surface area contributed by atoms with Crippen molar-refractivity contribution in [3.63, 3.8) is 0 Å². The van der Waals surface area contributed by atoms with E-state index in [9.17, 15) is 8.78 Å². The lowest BCUT2D eigenvalue weighted by Crippen LogP contribution is -2.24. The highest BCUT2D eigenvalue weighted by molar-refractivity contribution is 7.85. The average Bonchev–Trinajstić information content (AvgIpc) is 3.27. The normalized spacial score (nSPS) is 11.9. The third-order valence-electron chi connectivity index (χ3n) is 11.4. The predicted molar refractivity (Wildman–Crippen MR) is 237 cm³/mol. The van der Waals surface area contributed by atoms with Crippen molar-refractivity contribution in [2.45, 2.75) is 13.8 Å². The van der Waals surface area contributed by atoms with Crippen LogP contribution in [0.1, 0.15) is 11.1 Å². The first kappa shape index (κ1) is 35.6. The molecule has 8 aromatic carbocycles. The SMILES string of the molecule is Cc1c2c(-c3ccc(F)cc3)nc3cc(-c4ccc(P(=O)(c5ccccc5)c5ccccc5)cc4)ccc3c2c(C)c2c(-c3ccc(F)cc3)nc3ccccc3c12. The van der Waals surface area contributed by atoms with Crippen molar-refractivity contribution in [3.05, 3.63) is 199 Å². The van der Waals surface area contributed by atoms with E-state index in [1.807, 2.05) is 103 Å². The molecule has 0 spiro atoms.